The number of phenolic OH excluding ortho intramolecular Hbond substituents is 1. The van der Waals surface area contributed by atoms with Crippen LogP contribution in [0.4, 0.5) is 11.4 Å². The number of rotatable bonds is 10. The zero-order chi connectivity index (χ0) is 43.4. The fourth-order valence-electron chi connectivity index (χ4n) is 10.1. The Kier molecular flexibility index (Phi) is 10.6. The standard InChI is InChI=1S/C49H41Cl2N3O8/c1-60-32-17-12-29(13-18-32)49-38(46(57)54(48(49)59)52-40-22-14-30(50)25-39(40)51)26-37-34(44(49)35-6-4-5-7-41(35)55)20-21-36-43(37)47(58)53(45(36)56)31-15-9-27(10-16-31)8-11-28-24-33(61-2)19-23-42(28)62-3/h4-20,22-25,36-38,43-44,52,55H,21,26H2,1-3H3/t36-,37+,38-,43-,44+,49+/m0/s1. The first-order valence-electron chi connectivity index (χ1n) is 20.1. The van der Waals surface area contributed by atoms with Gasteiger partial charge in [-0.3, -0.25) is 29.5 Å². The Labute approximate surface area is 368 Å². The van der Waals surface area contributed by atoms with E-state index in [1.165, 1.54) is 18.1 Å². The topological polar surface area (TPSA) is 135 Å². The minimum Gasteiger partial charge on any atom is -0.508 e. The number of methoxy groups -OCH3 is 3. The van der Waals surface area contributed by atoms with E-state index < -0.39 is 46.8 Å². The molecule has 62 heavy (non-hydrogen) atoms. The number of phenols is 1. The van der Waals surface area contributed by atoms with E-state index in [4.69, 9.17) is 37.4 Å². The molecule has 314 valence electrons. The van der Waals surface area contributed by atoms with E-state index in [1.54, 1.807) is 87.0 Å². The highest BCUT2D eigenvalue weighted by Gasteiger charge is 2.70. The number of carbonyl (C=O) groups excluding carboxylic acids is 4. The van der Waals surface area contributed by atoms with Gasteiger partial charge in [0, 0.05) is 22.1 Å². The van der Waals surface area contributed by atoms with Crippen molar-refractivity contribution in [1.29, 1.82) is 0 Å². The molecule has 2 saturated heterocycles. The first-order valence-corrected chi connectivity index (χ1v) is 20.9. The normalized spacial score (nSPS) is 24.1. The van der Waals surface area contributed by atoms with E-state index in [0.717, 1.165) is 16.1 Å². The van der Waals surface area contributed by atoms with Crippen LogP contribution in [0.2, 0.25) is 10.0 Å². The molecule has 0 aromatic heterocycles. The van der Waals surface area contributed by atoms with Crippen LogP contribution in [0.1, 0.15) is 41.0 Å². The third-order valence-corrected chi connectivity index (χ3v) is 13.4. The summed E-state index contributed by atoms with van der Waals surface area (Å²) >= 11 is 12.8. The predicted molar refractivity (Wildman–Crippen MR) is 236 cm³/mol. The second-order valence-corrected chi connectivity index (χ2v) is 16.7. The van der Waals surface area contributed by atoms with Crippen molar-refractivity contribution in [2.75, 3.05) is 31.7 Å². The first-order chi connectivity index (χ1) is 30.0. The maximum absolute atomic E-state index is 15.5. The monoisotopic (exact) mass is 869 g/mol. The molecule has 3 fully saturated rings. The summed E-state index contributed by atoms with van der Waals surface area (Å²) in [4.78, 5) is 61.0. The number of nitrogens with zero attached hydrogens (tertiary/aromatic N) is 2. The van der Waals surface area contributed by atoms with Crippen LogP contribution in [0.3, 0.4) is 0 Å². The number of hydrogen-bond donors (Lipinski definition) is 2. The lowest BCUT2D eigenvalue weighted by molar-refractivity contribution is -0.138. The number of nitrogens with one attached hydrogen (secondary N) is 1. The van der Waals surface area contributed by atoms with Gasteiger partial charge in [-0.25, -0.2) is 0 Å². The number of halogens is 2. The molecule has 2 N–H and O–H groups in total. The number of benzene rings is 5. The van der Waals surface area contributed by atoms with Gasteiger partial charge in [0.25, 0.3) is 11.8 Å². The van der Waals surface area contributed by atoms with Gasteiger partial charge in [-0.05, 0) is 96.6 Å². The number of carbonyl (C=O) groups is 4. The zero-order valence-corrected chi connectivity index (χ0v) is 35.4. The Bertz CT molecular complexity index is 2700. The molecule has 2 heterocycles. The fourth-order valence-corrected chi connectivity index (χ4v) is 10.5. The van der Waals surface area contributed by atoms with Crippen molar-refractivity contribution in [2.24, 2.45) is 23.7 Å². The van der Waals surface area contributed by atoms with Crippen LogP contribution in [0.25, 0.3) is 12.2 Å². The smallest absolute Gasteiger partial charge is 0.260 e. The third kappa shape index (κ3) is 6.49. The summed E-state index contributed by atoms with van der Waals surface area (Å²) in [5.74, 6) is -4.12. The van der Waals surface area contributed by atoms with Crippen LogP contribution in [0, 0.1) is 23.7 Å². The summed E-state index contributed by atoms with van der Waals surface area (Å²) in [5, 5.41) is 13.2. The van der Waals surface area contributed by atoms with Crippen molar-refractivity contribution < 1.29 is 38.5 Å². The number of imide groups is 2. The van der Waals surface area contributed by atoms with E-state index in [1.807, 2.05) is 48.6 Å². The molecule has 11 nitrogen and oxygen atoms in total. The summed E-state index contributed by atoms with van der Waals surface area (Å²) in [6.45, 7) is 0. The highest BCUT2D eigenvalue weighted by molar-refractivity contribution is 6.36. The molecule has 0 spiro atoms. The quantitative estimate of drug-likeness (QED) is 0.0801. The molecule has 0 radical (unpaired) electrons. The van der Waals surface area contributed by atoms with Crippen LogP contribution in [0.15, 0.2) is 121 Å². The second-order valence-electron chi connectivity index (χ2n) is 15.8. The van der Waals surface area contributed by atoms with E-state index in [0.29, 0.717) is 44.7 Å². The Balaban J connectivity index is 1.11. The molecule has 2 aliphatic heterocycles. The van der Waals surface area contributed by atoms with Gasteiger partial charge in [0.1, 0.15) is 23.0 Å². The third-order valence-electron chi connectivity index (χ3n) is 12.9. The fraction of sp³-hybridized carbons (Fsp3) is 0.224. The molecule has 6 atom stereocenters. The molecule has 4 amide bonds. The van der Waals surface area contributed by atoms with Crippen LogP contribution < -0.4 is 24.5 Å². The van der Waals surface area contributed by atoms with Gasteiger partial charge in [0.15, 0.2) is 0 Å². The molecule has 1 saturated carbocycles. The SMILES string of the molecule is COc1ccc([C@@]23C(=O)N(Nc4ccc(Cl)cc4Cl)C(=O)[C@@H]2C[C@@H]2C(=CC[C@@H]4C(=O)N(c5ccc(C=Cc6cc(OC)ccc6OC)cc5)C(=O)[C@@H]42)[C@@H]3c2ccccc2O)cc1. The van der Waals surface area contributed by atoms with Gasteiger partial charge in [-0.15, -0.1) is 0 Å². The summed E-state index contributed by atoms with van der Waals surface area (Å²) in [6.07, 6.45) is 6.04. The number of hydrogen-bond acceptors (Lipinski definition) is 9. The highest BCUT2D eigenvalue weighted by Crippen LogP contribution is 2.65. The largest absolute Gasteiger partial charge is 0.508 e. The lowest BCUT2D eigenvalue weighted by Gasteiger charge is -2.50. The van der Waals surface area contributed by atoms with Crippen molar-refractivity contribution in [1.82, 2.24) is 5.01 Å². The number of aromatic hydroxyl groups is 1. The molecule has 4 aliphatic rings. The van der Waals surface area contributed by atoms with Gasteiger partial charge in [0.05, 0.1) is 60.9 Å². The van der Waals surface area contributed by atoms with Crippen molar-refractivity contribution in [2.45, 2.75) is 24.2 Å². The van der Waals surface area contributed by atoms with E-state index >= 15 is 9.59 Å². The Morgan fingerprint density at radius 3 is 2.18 bits per heavy atom. The van der Waals surface area contributed by atoms with Gasteiger partial charge < -0.3 is 19.3 Å². The predicted octanol–water partition coefficient (Wildman–Crippen LogP) is 9.08. The van der Waals surface area contributed by atoms with Crippen LogP contribution in [-0.2, 0) is 24.6 Å². The number of hydrazine groups is 1. The van der Waals surface area contributed by atoms with Gasteiger partial charge in [-0.2, -0.15) is 5.01 Å². The van der Waals surface area contributed by atoms with Crippen molar-refractivity contribution in [3.8, 4) is 23.0 Å². The average molecular weight is 871 g/mol. The maximum atomic E-state index is 15.5. The number of para-hydroxylation sites is 1. The van der Waals surface area contributed by atoms with Crippen LogP contribution in [-0.4, -0.2) is 55.1 Å². The molecule has 5 aromatic rings. The molecular formula is C49H41Cl2N3O8. The van der Waals surface area contributed by atoms with Crippen LogP contribution >= 0.6 is 23.2 Å². The molecule has 13 heteroatoms. The lowest BCUT2D eigenvalue weighted by atomic mass is 9.49. The molecule has 2 aliphatic carbocycles. The van der Waals surface area contributed by atoms with Gasteiger partial charge in [-0.1, -0.05) is 89.5 Å². The van der Waals surface area contributed by atoms with Crippen LogP contribution in [0.5, 0.6) is 23.0 Å². The minimum atomic E-state index is -1.60. The number of allylic oxidation sites excluding steroid dienone is 2. The lowest BCUT2D eigenvalue weighted by Crippen LogP contribution is -2.53. The Morgan fingerprint density at radius 2 is 1.48 bits per heavy atom. The number of amides is 4. The Hall–Kier alpha value is -6.56. The maximum Gasteiger partial charge on any atom is 0.260 e. The highest BCUT2D eigenvalue weighted by atomic mass is 35.5. The number of fused-ring (bicyclic) bond motifs is 4. The summed E-state index contributed by atoms with van der Waals surface area (Å²) in [5.41, 5.74) is 5.39. The van der Waals surface area contributed by atoms with Gasteiger partial charge in [0.2, 0.25) is 11.8 Å². The first kappa shape index (κ1) is 40.8. The van der Waals surface area contributed by atoms with Crippen molar-refractivity contribution in [3.63, 3.8) is 0 Å². The van der Waals surface area contributed by atoms with E-state index in [9.17, 15) is 14.7 Å². The summed E-state index contributed by atoms with van der Waals surface area (Å²) < 4.78 is 16.4. The summed E-state index contributed by atoms with van der Waals surface area (Å²) in [7, 11) is 4.73. The summed E-state index contributed by atoms with van der Waals surface area (Å²) in [6, 6.07) is 31.1. The van der Waals surface area contributed by atoms with Crippen molar-refractivity contribution in [3.05, 3.63) is 153 Å². The van der Waals surface area contributed by atoms with Gasteiger partial charge >= 0.3 is 0 Å². The number of ether oxygens (including phenoxy) is 3. The van der Waals surface area contributed by atoms with E-state index in [2.05, 4.69) is 5.43 Å². The molecule has 0 unspecified atom stereocenters. The molecule has 9 rings (SSSR count). The van der Waals surface area contributed by atoms with E-state index in [-0.39, 0.29) is 41.1 Å². The number of anilines is 2. The minimum absolute atomic E-state index is 0.0740. The molecular weight excluding hydrogens is 829 g/mol. The van der Waals surface area contributed by atoms with Crippen molar-refractivity contribution >= 4 is 70.4 Å². The zero-order valence-electron chi connectivity index (χ0n) is 33.9. The molecule has 0 bridgehead atoms. The molecule has 5 aromatic carbocycles. The second kappa shape index (κ2) is 16.0. The Morgan fingerprint density at radius 1 is 0.758 bits per heavy atom. The average Bonchev–Trinajstić information content (AvgIpc) is 3.67.